The summed E-state index contributed by atoms with van der Waals surface area (Å²) in [4.78, 5) is 26.7. The monoisotopic (exact) mass is 326 g/mol. The van der Waals surface area contributed by atoms with E-state index in [1.165, 1.54) is 4.57 Å². The summed E-state index contributed by atoms with van der Waals surface area (Å²) in [6, 6.07) is 13.1. The van der Waals surface area contributed by atoms with Crippen molar-refractivity contribution in [2.75, 3.05) is 13.2 Å². The molecule has 2 heterocycles. The molecule has 1 amide bonds. The van der Waals surface area contributed by atoms with Crippen LogP contribution in [0.1, 0.15) is 24.1 Å². The Morgan fingerprint density at radius 1 is 1.25 bits per heavy atom. The molecule has 1 aromatic heterocycles. The highest BCUT2D eigenvalue weighted by molar-refractivity contribution is 5.76. The molecule has 0 aliphatic carbocycles. The maximum atomic E-state index is 12.8. The summed E-state index contributed by atoms with van der Waals surface area (Å²) in [5, 5.41) is 0. The fourth-order valence-corrected chi connectivity index (χ4v) is 3.00. The summed E-state index contributed by atoms with van der Waals surface area (Å²) < 4.78 is 7.21. The first kappa shape index (κ1) is 16.5. The van der Waals surface area contributed by atoms with Gasteiger partial charge in [-0.1, -0.05) is 30.3 Å². The molecule has 24 heavy (non-hydrogen) atoms. The second-order valence-corrected chi connectivity index (χ2v) is 6.29. The molecule has 0 N–H and O–H groups in total. The van der Waals surface area contributed by atoms with Gasteiger partial charge in [0.25, 0.3) is 5.56 Å². The number of hydrogen-bond donors (Lipinski definition) is 0. The number of benzene rings is 1. The Morgan fingerprint density at radius 3 is 2.71 bits per heavy atom. The number of ether oxygens (including phenoxy) is 1. The molecule has 1 fully saturated rings. The zero-order valence-corrected chi connectivity index (χ0v) is 14.0. The second-order valence-electron chi connectivity index (χ2n) is 6.29. The minimum atomic E-state index is -0.152. The highest BCUT2D eigenvalue weighted by Crippen LogP contribution is 2.26. The molecule has 1 aliphatic rings. The smallest absolute Gasteiger partial charge is 0.251 e. The van der Waals surface area contributed by atoms with Crippen molar-refractivity contribution in [1.29, 1.82) is 0 Å². The van der Waals surface area contributed by atoms with Crippen LogP contribution in [0.3, 0.4) is 0 Å². The quantitative estimate of drug-likeness (QED) is 0.868. The van der Waals surface area contributed by atoms with E-state index in [1.807, 2.05) is 55.1 Å². The Kier molecular flexibility index (Phi) is 4.81. The average Bonchev–Trinajstić information content (AvgIpc) is 2.58. The van der Waals surface area contributed by atoms with E-state index in [4.69, 9.17) is 4.74 Å². The van der Waals surface area contributed by atoms with Gasteiger partial charge in [0.15, 0.2) is 0 Å². The SMILES string of the molecule is Cc1ccn(CC(=O)N2C[C@H](C)OC[C@H]2c2ccccc2)c(=O)c1. The van der Waals surface area contributed by atoms with Crippen LogP contribution < -0.4 is 5.56 Å². The van der Waals surface area contributed by atoms with E-state index >= 15 is 0 Å². The van der Waals surface area contributed by atoms with Gasteiger partial charge in [0.2, 0.25) is 5.91 Å². The standard InChI is InChI=1S/C19H22N2O3/c1-14-8-9-20(18(22)10-14)12-19(23)21-11-15(2)24-13-17(21)16-6-4-3-5-7-16/h3-10,15,17H,11-13H2,1-2H3/t15-,17-/m0/s1. The number of pyridine rings is 1. The van der Waals surface area contributed by atoms with Crippen LogP contribution in [0, 0.1) is 6.92 Å². The number of hydrogen-bond acceptors (Lipinski definition) is 3. The van der Waals surface area contributed by atoms with E-state index in [1.54, 1.807) is 12.3 Å². The third-order valence-electron chi connectivity index (χ3n) is 4.33. The van der Waals surface area contributed by atoms with Crippen LogP contribution in [0.5, 0.6) is 0 Å². The Labute approximate surface area is 141 Å². The summed E-state index contributed by atoms with van der Waals surface area (Å²) in [6.07, 6.45) is 1.67. The summed E-state index contributed by atoms with van der Waals surface area (Å²) in [6.45, 7) is 4.87. The van der Waals surface area contributed by atoms with Gasteiger partial charge in [0.1, 0.15) is 6.54 Å². The van der Waals surface area contributed by atoms with Gasteiger partial charge < -0.3 is 14.2 Å². The van der Waals surface area contributed by atoms with Crippen LogP contribution in [0.25, 0.3) is 0 Å². The molecule has 1 saturated heterocycles. The van der Waals surface area contributed by atoms with Gasteiger partial charge in [-0.3, -0.25) is 9.59 Å². The number of amides is 1. The van der Waals surface area contributed by atoms with Crippen molar-refractivity contribution in [1.82, 2.24) is 9.47 Å². The number of aromatic nitrogens is 1. The highest BCUT2D eigenvalue weighted by atomic mass is 16.5. The van der Waals surface area contributed by atoms with Gasteiger partial charge in [-0.2, -0.15) is 0 Å². The van der Waals surface area contributed by atoms with Gasteiger partial charge in [0, 0.05) is 18.8 Å². The Bertz CT molecular complexity index is 770. The normalized spacial score (nSPS) is 20.8. The summed E-state index contributed by atoms with van der Waals surface area (Å²) in [5.41, 5.74) is 1.79. The van der Waals surface area contributed by atoms with Crippen LogP contribution in [0.2, 0.25) is 0 Å². The molecule has 0 unspecified atom stereocenters. The average molecular weight is 326 g/mol. The van der Waals surface area contributed by atoms with Gasteiger partial charge in [-0.25, -0.2) is 0 Å². The first-order valence-electron chi connectivity index (χ1n) is 8.17. The van der Waals surface area contributed by atoms with Crippen molar-refractivity contribution in [2.45, 2.75) is 32.5 Å². The summed E-state index contributed by atoms with van der Waals surface area (Å²) in [7, 11) is 0. The van der Waals surface area contributed by atoms with Crippen LogP contribution in [0.4, 0.5) is 0 Å². The topological polar surface area (TPSA) is 51.5 Å². The maximum Gasteiger partial charge on any atom is 0.251 e. The molecule has 0 spiro atoms. The van der Waals surface area contributed by atoms with Crippen molar-refractivity contribution in [3.05, 3.63) is 70.1 Å². The van der Waals surface area contributed by atoms with Gasteiger partial charge in [-0.15, -0.1) is 0 Å². The van der Waals surface area contributed by atoms with Crippen LogP contribution in [0.15, 0.2) is 53.5 Å². The third kappa shape index (κ3) is 3.57. The lowest BCUT2D eigenvalue weighted by Crippen LogP contribution is -2.48. The van der Waals surface area contributed by atoms with E-state index < -0.39 is 0 Å². The van der Waals surface area contributed by atoms with E-state index in [2.05, 4.69) is 0 Å². The largest absolute Gasteiger partial charge is 0.374 e. The third-order valence-corrected chi connectivity index (χ3v) is 4.33. The Hall–Kier alpha value is -2.40. The first-order chi connectivity index (χ1) is 11.5. The zero-order chi connectivity index (χ0) is 17.1. The number of carbonyl (C=O) groups is 1. The molecule has 0 bridgehead atoms. The lowest BCUT2D eigenvalue weighted by atomic mass is 10.0. The van der Waals surface area contributed by atoms with Crippen molar-refractivity contribution in [3.8, 4) is 0 Å². The minimum absolute atomic E-state index is 0.0105. The highest BCUT2D eigenvalue weighted by Gasteiger charge is 2.31. The second kappa shape index (κ2) is 7.01. The first-order valence-corrected chi connectivity index (χ1v) is 8.17. The molecule has 5 nitrogen and oxygen atoms in total. The minimum Gasteiger partial charge on any atom is -0.374 e. The number of morpholine rings is 1. The van der Waals surface area contributed by atoms with Gasteiger partial charge in [0.05, 0.1) is 18.8 Å². The predicted octanol–water partition coefficient (Wildman–Crippen LogP) is 2.15. The fraction of sp³-hybridized carbons (Fsp3) is 0.368. The van der Waals surface area contributed by atoms with E-state index in [0.29, 0.717) is 13.2 Å². The van der Waals surface area contributed by atoms with Gasteiger partial charge >= 0.3 is 0 Å². The lowest BCUT2D eigenvalue weighted by Gasteiger charge is -2.39. The summed E-state index contributed by atoms with van der Waals surface area (Å²) >= 11 is 0. The van der Waals surface area contributed by atoms with E-state index in [0.717, 1.165) is 11.1 Å². The number of carbonyl (C=O) groups excluding carboxylic acids is 1. The van der Waals surface area contributed by atoms with Crippen molar-refractivity contribution < 1.29 is 9.53 Å². The molecular formula is C19H22N2O3. The Morgan fingerprint density at radius 2 is 2.00 bits per heavy atom. The number of aryl methyl sites for hydroxylation is 1. The van der Waals surface area contributed by atoms with Crippen molar-refractivity contribution in [2.24, 2.45) is 0 Å². The fourth-order valence-electron chi connectivity index (χ4n) is 3.00. The maximum absolute atomic E-state index is 12.8. The lowest BCUT2D eigenvalue weighted by molar-refractivity contribution is -0.145. The molecule has 126 valence electrons. The van der Waals surface area contributed by atoms with Crippen molar-refractivity contribution in [3.63, 3.8) is 0 Å². The molecule has 0 radical (unpaired) electrons. The molecule has 3 rings (SSSR count). The van der Waals surface area contributed by atoms with E-state index in [-0.39, 0.29) is 30.2 Å². The number of nitrogens with zero attached hydrogens (tertiary/aromatic N) is 2. The van der Waals surface area contributed by atoms with Crippen molar-refractivity contribution >= 4 is 5.91 Å². The molecule has 1 aliphatic heterocycles. The molecule has 2 atom stereocenters. The predicted molar refractivity (Wildman–Crippen MR) is 91.7 cm³/mol. The van der Waals surface area contributed by atoms with Crippen LogP contribution in [-0.2, 0) is 16.1 Å². The molecule has 5 heteroatoms. The van der Waals surface area contributed by atoms with Crippen LogP contribution >= 0.6 is 0 Å². The molecule has 0 saturated carbocycles. The van der Waals surface area contributed by atoms with Gasteiger partial charge in [-0.05, 0) is 31.0 Å². The molecular weight excluding hydrogens is 304 g/mol. The Balaban J connectivity index is 1.83. The van der Waals surface area contributed by atoms with E-state index in [9.17, 15) is 9.59 Å². The molecule has 2 aromatic rings. The summed E-state index contributed by atoms with van der Waals surface area (Å²) in [5.74, 6) is -0.0649. The molecule has 1 aromatic carbocycles. The zero-order valence-electron chi connectivity index (χ0n) is 14.0. The number of rotatable bonds is 3. The van der Waals surface area contributed by atoms with Crippen LogP contribution in [-0.4, -0.2) is 34.6 Å².